The van der Waals surface area contributed by atoms with Gasteiger partial charge < -0.3 is 9.47 Å². The van der Waals surface area contributed by atoms with Gasteiger partial charge in [-0.15, -0.1) is 0 Å². The van der Waals surface area contributed by atoms with Crippen LogP contribution in [0.15, 0.2) is 24.3 Å². The van der Waals surface area contributed by atoms with Crippen LogP contribution in [0.25, 0.3) is 0 Å². The number of ether oxygens (including phenoxy) is 2. The summed E-state index contributed by atoms with van der Waals surface area (Å²) in [7, 11) is 0. The second-order valence-electron chi connectivity index (χ2n) is 7.84. The third-order valence-corrected chi connectivity index (χ3v) is 5.26. The second kappa shape index (κ2) is 11.0. The van der Waals surface area contributed by atoms with Crippen LogP contribution in [0.2, 0.25) is 0 Å². The van der Waals surface area contributed by atoms with E-state index >= 15 is 0 Å². The van der Waals surface area contributed by atoms with Crippen molar-refractivity contribution < 1.29 is 19.1 Å². The maximum absolute atomic E-state index is 12.4. The van der Waals surface area contributed by atoms with Crippen LogP contribution in [0.3, 0.4) is 0 Å². The highest BCUT2D eigenvalue weighted by Crippen LogP contribution is 2.17. The summed E-state index contributed by atoms with van der Waals surface area (Å²) in [6.07, 6.45) is 1.62. The minimum absolute atomic E-state index is 0.270. The summed E-state index contributed by atoms with van der Waals surface area (Å²) in [5, 5.41) is 0. The van der Waals surface area contributed by atoms with Crippen molar-refractivity contribution in [2.75, 3.05) is 13.2 Å². The molecule has 0 bridgehead atoms. The second-order valence-corrected chi connectivity index (χ2v) is 7.84. The lowest BCUT2D eigenvalue weighted by Crippen LogP contribution is -2.17. The fraction of sp³-hybridized carbons (Fsp3) is 0.636. The molecule has 0 amide bonds. The van der Waals surface area contributed by atoms with Crippen LogP contribution in [0.4, 0.5) is 0 Å². The molecular formula is C22H34O4. The molecule has 0 aromatic heterocycles. The molecule has 0 radical (unpaired) electrons. The molecule has 4 heteroatoms. The normalized spacial score (nSPS) is 13.5. The lowest BCUT2D eigenvalue weighted by molar-refractivity contribution is 0.0430. The van der Waals surface area contributed by atoms with E-state index in [-0.39, 0.29) is 11.1 Å². The van der Waals surface area contributed by atoms with E-state index in [9.17, 15) is 9.59 Å². The summed E-state index contributed by atoms with van der Waals surface area (Å²) < 4.78 is 10.7. The first-order valence-corrected chi connectivity index (χ1v) is 9.67. The van der Waals surface area contributed by atoms with E-state index in [0.29, 0.717) is 36.9 Å². The zero-order chi connectivity index (χ0) is 19.7. The monoisotopic (exact) mass is 362 g/mol. The van der Waals surface area contributed by atoms with Crippen molar-refractivity contribution in [2.45, 2.75) is 54.4 Å². The Bertz CT molecular complexity index is 526. The Labute approximate surface area is 158 Å². The maximum atomic E-state index is 12.4. The fourth-order valence-electron chi connectivity index (χ4n) is 2.34. The van der Waals surface area contributed by atoms with Gasteiger partial charge in [0.2, 0.25) is 0 Å². The number of esters is 2. The van der Waals surface area contributed by atoms with Gasteiger partial charge >= 0.3 is 11.9 Å². The van der Waals surface area contributed by atoms with Gasteiger partial charge in [-0.05, 0) is 48.6 Å². The van der Waals surface area contributed by atoms with E-state index in [1.165, 1.54) is 0 Å². The van der Waals surface area contributed by atoms with Crippen molar-refractivity contribution in [2.24, 2.45) is 23.7 Å². The molecule has 0 spiro atoms. The Morgan fingerprint density at radius 2 is 1.08 bits per heavy atom. The summed E-state index contributed by atoms with van der Waals surface area (Å²) in [4.78, 5) is 24.7. The Hall–Kier alpha value is -1.84. The molecule has 1 aromatic carbocycles. The molecular weight excluding hydrogens is 328 g/mol. The number of benzene rings is 1. The summed E-state index contributed by atoms with van der Waals surface area (Å²) >= 11 is 0. The molecule has 0 fully saturated rings. The van der Waals surface area contributed by atoms with Gasteiger partial charge in [0.25, 0.3) is 0 Å². The SMILES string of the molecule is CC(C)C(C)CCOC(=O)c1ccccc1C(=O)OCCC(C)C(C)C. The first-order chi connectivity index (χ1) is 12.2. The van der Waals surface area contributed by atoms with Crippen LogP contribution < -0.4 is 0 Å². The van der Waals surface area contributed by atoms with Crippen molar-refractivity contribution in [3.8, 4) is 0 Å². The van der Waals surface area contributed by atoms with Gasteiger partial charge in [0.15, 0.2) is 0 Å². The van der Waals surface area contributed by atoms with E-state index in [1.807, 2.05) is 0 Å². The Balaban J connectivity index is 2.62. The Kier molecular flexibility index (Phi) is 9.39. The van der Waals surface area contributed by atoms with Gasteiger partial charge in [-0.3, -0.25) is 0 Å². The zero-order valence-corrected chi connectivity index (χ0v) is 17.1. The van der Waals surface area contributed by atoms with E-state index in [0.717, 1.165) is 12.8 Å². The predicted molar refractivity (Wildman–Crippen MR) is 104 cm³/mol. The van der Waals surface area contributed by atoms with Crippen LogP contribution in [0.5, 0.6) is 0 Å². The summed E-state index contributed by atoms with van der Waals surface area (Å²) in [5.41, 5.74) is 0.540. The molecule has 0 heterocycles. The molecule has 2 atom stereocenters. The molecule has 0 saturated carbocycles. The summed E-state index contributed by atoms with van der Waals surface area (Å²) in [5.74, 6) is 1.11. The molecule has 1 rings (SSSR count). The molecule has 4 nitrogen and oxygen atoms in total. The first-order valence-electron chi connectivity index (χ1n) is 9.67. The maximum Gasteiger partial charge on any atom is 0.339 e. The van der Waals surface area contributed by atoms with Crippen molar-refractivity contribution in [1.82, 2.24) is 0 Å². The molecule has 2 unspecified atom stereocenters. The third-order valence-electron chi connectivity index (χ3n) is 5.26. The zero-order valence-electron chi connectivity index (χ0n) is 17.1. The highest BCUT2D eigenvalue weighted by molar-refractivity contribution is 6.03. The smallest absolute Gasteiger partial charge is 0.339 e. The molecule has 0 aliphatic heterocycles. The first kappa shape index (κ1) is 22.2. The average Bonchev–Trinajstić information content (AvgIpc) is 2.60. The van der Waals surface area contributed by atoms with Gasteiger partial charge in [-0.1, -0.05) is 53.7 Å². The van der Waals surface area contributed by atoms with Gasteiger partial charge in [-0.2, -0.15) is 0 Å². The van der Waals surface area contributed by atoms with Gasteiger partial charge in [0.05, 0.1) is 24.3 Å². The summed E-state index contributed by atoms with van der Waals surface area (Å²) in [6, 6.07) is 6.68. The van der Waals surface area contributed by atoms with Crippen molar-refractivity contribution in [3.63, 3.8) is 0 Å². The van der Waals surface area contributed by atoms with E-state index < -0.39 is 11.9 Å². The quantitative estimate of drug-likeness (QED) is 0.525. The van der Waals surface area contributed by atoms with Gasteiger partial charge in [0.1, 0.15) is 0 Å². The molecule has 0 aliphatic carbocycles. The summed E-state index contributed by atoms with van der Waals surface area (Å²) in [6.45, 7) is 13.6. The lowest BCUT2D eigenvalue weighted by Gasteiger charge is -2.16. The number of carbonyl (C=O) groups is 2. The average molecular weight is 363 g/mol. The number of rotatable bonds is 10. The van der Waals surface area contributed by atoms with Crippen molar-refractivity contribution >= 4 is 11.9 Å². The van der Waals surface area contributed by atoms with Gasteiger partial charge in [0, 0.05) is 0 Å². The molecule has 26 heavy (non-hydrogen) atoms. The molecule has 0 N–H and O–H groups in total. The highest BCUT2D eigenvalue weighted by Gasteiger charge is 2.20. The highest BCUT2D eigenvalue weighted by atomic mass is 16.5. The van der Waals surface area contributed by atoms with Crippen LogP contribution in [0, 0.1) is 23.7 Å². The lowest BCUT2D eigenvalue weighted by atomic mass is 9.95. The van der Waals surface area contributed by atoms with Crippen LogP contribution >= 0.6 is 0 Å². The minimum atomic E-state index is -0.468. The fourth-order valence-corrected chi connectivity index (χ4v) is 2.34. The molecule has 0 saturated heterocycles. The standard InChI is InChI=1S/C22H34O4/c1-15(2)17(5)11-13-25-21(23)19-9-7-8-10-20(19)22(24)26-14-12-18(6)16(3)4/h7-10,15-18H,11-14H2,1-6H3. The van der Waals surface area contributed by atoms with Crippen molar-refractivity contribution in [1.29, 1.82) is 0 Å². The Morgan fingerprint density at radius 3 is 1.38 bits per heavy atom. The molecule has 0 aliphatic rings. The topological polar surface area (TPSA) is 52.6 Å². The van der Waals surface area contributed by atoms with Gasteiger partial charge in [-0.25, -0.2) is 9.59 Å². The minimum Gasteiger partial charge on any atom is -0.462 e. The van der Waals surface area contributed by atoms with E-state index in [1.54, 1.807) is 24.3 Å². The van der Waals surface area contributed by atoms with E-state index in [4.69, 9.17) is 9.47 Å². The third kappa shape index (κ3) is 7.19. The Morgan fingerprint density at radius 1 is 0.731 bits per heavy atom. The van der Waals surface area contributed by atoms with Crippen LogP contribution in [-0.4, -0.2) is 25.2 Å². The van der Waals surface area contributed by atoms with Crippen molar-refractivity contribution in [3.05, 3.63) is 35.4 Å². The molecule has 146 valence electrons. The van der Waals surface area contributed by atoms with Crippen LogP contribution in [-0.2, 0) is 9.47 Å². The number of hydrogen-bond acceptors (Lipinski definition) is 4. The number of hydrogen-bond donors (Lipinski definition) is 0. The van der Waals surface area contributed by atoms with E-state index in [2.05, 4.69) is 41.5 Å². The number of carbonyl (C=O) groups excluding carboxylic acids is 2. The van der Waals surface area contributed by atoms with Crippen LogP contribution in [0.1, 0.15) is 75.1 Å². The molecule has 1 aromatic rings. The largest absolute Gasteiger partial charge is 0.462 e. The predicted octanol–water partition coefficient (Wildman–Crippen LogP) is 5.36.